The third-order valence-corrected chi connectivity index (χ3v) is 16.9. The maximum atomic E-state index is 13.1. The van der Waals surface area contributed by atoms with Crippen LogP contribution < -0.4 is 5.32 Å². The van der Waals surface area contributed by atoms with Crippen molar-refractivity contribution >= 4 is 5.91 Å². The van der Waals surface area contributed by atoms with Crippen molar-refractivity contribution in [2.24, 2.45) is 0 Å². The van der Waals surface area contributed by atoms with E-state index in [-0.39, 0.29) is 12.5 Å². The van der Waals surface area contributed by atoms with Gasteiger partial charge in [0.05, 0.1) is 25.4 Å². The van der Waals surface area contributed by atoms with E-state index in [0.717, 1.165) is 116 Å². The second kappa shape index (κ2) is 68.9. The van der Waals surface area contributed by atoms with E-state index in [1.54, 1.807) is 6.08 Å². The van der Waals surface area contributed by atoms with Crippen LogP contribution in [0.25, 0.3) is 0 Å². The van der Waals surface area contributed by atoms with E-state index in [2.05, 4.69) is 153 Å². The molecule has 91 heavy (non-hydrogen) atoms. The Morgan fingerprint density at radius 3 is 1.05 bits per heavy atom. The zero-order valence-electron chi connectivity index (χ0n) is 58.3. The van der Waals surface area contributed by atoms with Crippen LogP contribution in [-0.2, 0) is 14.3 Å². The number of aliphatic hydroxyl groups excluding tert-OH is 5. The fraction of sp³-hybridized carbons (Fsp3) is 0.695. The first-order valence-electron chi connectivity index (χ1n) is 37.6. The molecule has 0 radical (unpaired) electrons. The van der Waals surface area contributed by atoms with E-state index in [1.807, 2.05) is 6.08 Å². The van der Waals surface area contributed by atoms with E-state index in [0.29, 0.717) is 6.42 Å². The Balaban J connectivity index is 2.15. The van der Waals surface area contributed by atoms with Gasteiger partial charge >= 0.3 is 0 Å². The van der Waals surface area contributed by atoms with Gasteiger partial charge in [0, 0.05) is 6.42 Å². The molecule has 1 saturated heterocycles. The van der Waals surface area contributed by atoms with Gasteiger partial charge in [0.2, 0.25) is 5.91 Å². The number of hydrogen-bond donors (Lipinski definition) is 6. The highest BCUT2D eigenvalue weighted by Gasteiger charge is 2.44. The second-order valence-corrected chi connectivity index (χ2v) is 25.3. The first-order valence-corrected chi connectivity index (χ1v) is 37.6. The van der Waals surface area contributed by atoms with E-state index < -0.39 is 49.5 Å². The van der Waals surface area contributed by atoms with Gasteiger partial charge in [0.1, 0.15) is 24.4 Å². The maximum absolute atomic E-state index is 13.1. The normalized spacial score (nSPS) is 18.6. The fourth-order valence-electron chi connectivity index (χ4n) is 11.1. The smallest absolute Gasteiger partial charge is 0.220 e. The van der Waals surface area contributed by atoms with Crippen molar-refractivity contribution in [1.29, 1.82) is 0 Å². The van der Waals surface area contributed by atoms with Crippen LogP contribution in [0, 0.1) is 0 Å². The van der Waals surface area contributed by atoms with Crippen molar-refractivity contribution < 1.29 is 39.8 Å². The van der Waals surface area contributed by atoms with Crippen molar-refractivity contribution in [3.05, 3.63) is 146 Å². The van der Waals surface area contributed by atoms with E-state index in [4.69, 9.17) is 9.47 Å². The summed E-state index contributed by atoms with van der Waals surface area (Å²) in [6, 6.07) is -0.836. The van der Waals surface area contributed by atoms with Gasteiger partial charge < -0.3 is 40.3 Å². The van der Waals surface area contributed by atoms with Crippen molar-refractivity contribution in [3.63, 3.8) is 0 Å². The molecule has 9 heteroatoms. The molecule has 6 N–H and O–H groups in total. The molecule has 0 aromatic carbocycles. The number of nitrogens with one attached hydrogen (secondary N) is 1. The molecular weight excluding hydrogens is 1130 g/mol. The summed E-state index contributed by atoms with van der Waals surface area (Å²) in [4.78, 5) is 13.1. The molecular formula is C82H139NO8. The summed E-state index contributed by atoms with van der Waals surface area (Å²) < 4.78 is 11.3. The average Bonchev–Trinajstić information content (AvgIpc) is 1.58. The van der Waals surface area contributed by atoms with Crippen LogP contribution >= 0.6 is 0 Å². The number of unbranched alkanes of at least 4 members (excludes halogenated alkanes) is 32. The third-order valence-electron chi connectivity index (χ3n) is 16.9. The molecule has 1 rings (SSSR count). The number of aliphatic hydroxyl groups is 5. The summed E-state index contributed by atoms with van der Waals surface area (Å²) in [6.07, 6.45) is 99.6. The lowest BCUT2D eigenvalue weighted by molar-refractivity contribution is -0.302. The highest BCUT2D eigenvalue weighted by atomic mass is 16.7. The number of allylic oxidation sites excluding steroid dienone is 23. The minimum absolute atomic E-state index is 0.194. The van der Waals surface area contributed by atoms with E-state index in [1.165, 1.54) is 173 Å². The number of amides is 1. The molecule has 1 aliphatic rings. The van der Waals surface area contributed by atoms with Crippen LogP contribution in [-0.4, -0.2) is 87.5 Å². The molecule has 0 bridgehead atoms. The summed E-state index contributed by atoms with van der Waals surface area (Å²) in [5.41, 5.74) is 0. The third kappa shape index (κ3) is 57.3. The van der Waals surface area contributed by atoms with Crippen molar-refractivity contribution in [3.8, 4) is 0 Å². The van der Waals surface area contributed by atoms with Crippen molar-refractivity contribution in [2.45, 2.75) is 352 Å². The average molecular weight is 1270 g/mol. The minimum Gasteiger partial charge on any atom is -0.394 e. The molecule has 1 heterocycles. The fourth-order valence-corrected chi connectivity index (χ4v) is 11.1. The number of hydrogen-bond acceptors (Lipinski definition) is 8. The summed E-state index contributed by atoms with van der Waals surface area (Å²) in [5.74, 6) is -0.194. The molecule has 0 aromatic heterocycles. The van der Waals surface area contributed by atoms with Gasteiger partial charge in [-0.05, 0) is 109 Å². The van der Waals surface area contributed by atoms with Crippen molar-refractivity contribution in [2.75, 3.05) is 13.2 Å². The van der Waals surface area contributed by atoms with Gasteiger partial charge in [-0.1, -0.05) is 339 Å². The molecule has 0 spiro atoms. The Morgan fingerprint density at radius 1 is 0.385 bits per heavy atom. The topological polar surface area (TPSA) is 149 Å². The molecule has 1 fully saturated rings. The van der Waals surface area contributed by atoms with Crippen LogP contribution in [0.4, 0.5) is 0 Å². The number of ether oxygens (including phenoxy) is 2. The van der Waals surface area contributed by atoms with E-state index >= 15 is 0 Å². The molecule has 1 amide bonds. The van der Waals surface area contributed by atoms with Crippen LogP contribution in [0.2, 0.25) is 0 Å². The first kappa shape index (κ1) is 85.1. The number of carbonyl (C=O) groups is 1. The second-order valence-electron chi connectivity index (χ2n) is 25.3. The lowest BCUT2D eigenvalue weighted by Gasteiger charge is -2.40. The molecule has 7 unspecified atom stereocenters. The molecule has 0 saturated carbocycles. The molecule has 0 aromatic rings. The largest absolute Gasteiger partial charge is 0.394 e. The van der Waals surface area contributed by atoms with Gasteiger partial charge in [-0.15, -0.1) is 0 Å². The number of carbonyl (C=O) groups excluding carboxylic acids is 1. The summed E-state index contributed by atoms with van der Waals surface area (Å²) in [5, 5.41) is 54.8. The predicted octanol–water partition coefficient (Wildman–Crippen LogP) is 21.3. The Hall–Kier alpha value is -3.93. The summed E-state index contributed by atoms with van der Waals surface area (Å²) in [6.45, 7) is 3.67. The van der Waals surface area contributed by atoms with Gasteiger partial charge in [-0.25, -0.2) is 0 Å². The van der Waals surface area contributed by atoms with E-state index in [9.17, 15) is 30.3 Å². The lowest BCUT2D eigenvalue weighted by atomic mass is 9.99. The minimum atomic E-state index is -1.58. The van der Waals surface area contributed by atoms with Gasteiger partial charge in [0.25, 0.3) is 0 Å². The zero-order valence-corrected chi connectivity index (χ0v) is 58.3. The predicted molar refractivity (Wildman–Crippen MR) is 391 cm³/mol. The summed E-state index contributed by atoms with van der Waals surface area (Å²) in [7, 11) is 0. The van der Waals surface area contributed by atoms with Gasteiger partial charge in [0.15, 0.2) is 6.29 Å². The van der Waals surface area contributed by atoms with Crippen LogP contribution in [0.3, 0.4) is 0 Å². The molecule has 0 aliphatic carbocycles. The molecule has 1 aliphatic heterocycles. The molecule has 9 nitrogen and oxygen atoms in total. The zero-order chi connectivity index (χ0) is 65.7. The quantitative estimate of drug-likeness (QED) is 0.0261. The van der Waals surface area contributed by atoms with Gasteiger partial charge in [-0.3, -0.25) is 4.79 Å². The Labute approximate surface area is 559 Å². The molecule has 520 valence electrons. The Bertz CT molecular complexity index is 1950. The van der Waals surface area contributed by atoms with Crippen molar-refractivity contribution in [1.82, 2.24) is 5.32 Å². The Kier molecular flexibility index (Phi) is 64.4. The first-order chi connectivity index (χ1) is 44.8. The van der Waals surface area contributed by atoms with Crippen LogP contribution in [0.1, 0.15) is 309 Å². The highest BCUT2D eigenvalue weighted by Crippen LogP contribution is 2.23. The van der Waals surface area contributed by atoms with Crippen LogP contribution in [0.15, 0.2) is 146 Å². The number of rotatable bonds is 64. The highest BCUT2D eigenvalue weighted by molar-refractivity contribution is 5.76. The maximum Gasteiger partial charge on any atom is 0.220 e. The Morgan fingerprint density at radius 2 is 0.692 bits per heavy atom. The SMILES string of the molecule is CC/C=C\C/C=C\C/C=C\C/C=C\C/C=C\C/C=C\C/C=C\C/C=C\C/C=C\C/C=C\CCCCCCCCCCCCC(=O)NC(COC1OC(CO)C(O)C(O)C1O)C(O)/C=C/CC/C=C/CCCCCCCCCCCCCCCCCCCCCCC. The lowest BCUT2D eigenvalue weighted by Crippen LogP contribution is -2.60. The van der Waals surface area contributed by atoms with Gasteiger partial charge in [-0.2, -0.15) is 0 Å². The monoisotopic (exact) mass is 1270 g/mol. The van der Waals surface area contributed by atoms with Crippen LogP contribution in [0.5, 0.6) is 0 Å². The standard InChI is InChI=1S/C82H139NO8/c1-3-5-7-9-11-13-15-17-19-21-23-25-27-29-31-32-33-34-35-36-37-38-39-40-41-42-43-44-46-48-50-52-54-56-58-60-62-64-66-68-70-72-78(86)83-75(74-90-82-81(89)80(88)79(87)77(73-84)91-82)76(85)71-69-67-65-63-61-59-57-55-53-51-49-47-45-30-28-26-24-22-20-18-16-14-12-10-8-6-4-2/h5,7,11,13,17,19,23,25,29,31,33-34,36-37,39-40,42-43,46,48,61,63,69,71,75-77,79-82,84-85,87-89H,3-4,6,8-10,12,14-16,18,20-22,24,26-28,30,32,35,38,41,44-45,47,49-60,62,64-68,70,72-74H2,1-2H3,(H,83,86)/b7-5-,13-11-,19-17-,25-23-,31-29-,34-33-,37-36-,40-39-,43-42-,48-46-,63-61+,71-69+. The molecule has 7 atom stereocenters. The summed E-state index contributed by atoms with van der Waals surface area (Å²) >= 11 is 0.